The fourth-order valence-corrected chi connectivity index (χ4v) is 5.43. The molecule has 0 spiro atoms. The number of aromatic nitrogens is 1. The third-order valence-corrected chi connectivity index (χ3v) is 7.20. The van der Waals surface area contributed by atoms with Crippen LogP contribution in [0.2, 0.25) is 10.0 Å². The van der Waals surface area contributed by atoms with Crippen LogP contribution in [0, 0.1) is 0 Å². The van der Waals surface area contributed by atoms with E-state index in [0.29, 0.717) is 37.7 Å². The van der Waals surface area contributed by atoms with E-state index in [-0.39, 0.29) is 11.9 Å². The number of carbonyl (C=O) groups excluding carboxylic acids is 2. The summed E-state index contributed by atoms with van der Waals surface area (Å²) in [4.78, 5) is 29.7. The number of carbonyl (C=O) groups is 2. The van der Waals surface area contributed by atoms with Crippen LogP contribution in [-0.4, -0.2) is 23.5 Å². The van der Waals surface area contributed by atoms with Gasteiger partial charge in [0.15, 0.2) is 5.13 Å². The average Bonchev–Trinajstić information content (AvgIpc) is 3.27. The molecule has 0 aliphatic rings. The van der Waals surface area contributed by atoms with Gasteiger partial charge >= 0.3 is 5.97 Å². The zero-order valence-corrected chi connectivity index (χ0v) is 19.0. The molecule has 0 aliphatic heterocycles. The summed E-state index contributed by atoms with van der Waals surface area (Å²) in [7, 11) is 0. The molecule has 0 atom stereocenters. The highest BCUT2D eigenvalue weighted by molar-refractivity contribution is 7.23. The van der Waals surface area contributed by atoms with Gasteiger partial charge in [0, 0.05) is 15.1 Å². The number of fused-ring (bicyclic) bond motifs is 2. The molecule has 1 N–H and O–H groups in total. The Morgan fingerprint density at radius 3 is 2.73 bits per heavy atom. The molecule has 5 nitrogen and oxygen atoms in total. The largest absolute Gasteiger partial charge is 0.462 e. The summed E-state index contributed by atoms with van der Waals surface area (Å²) in [5.74, 6) is -0.698. The second-order valence-electron chi connectivity index (χ2n) is 6.53. The highest BCUT2D eigenvalue weighted by atomic mass is 35.5. The van der Waals surface area contributed by atoms with Gasteiger partial charge in [-0.25, -0.2) is 9.78 Å². The Morgan fingerprint density at radius 1 is 1.10 bits per heavy atom. The number of esters is 1. The van der Waals surface area contributed by atoms with E-state index in [0.717, 1.165) is 27.6 Å². The highest BCUT2D eigenvalue weighted by Gasteiger charge is 2.19. The lowest BCUT2D eigenvalue weighted by Gasteiger charge is -2.03. The van der Waals surface area contributed by atoms with Crippen LogP contribution >= 0.6 is 45.9 Å². The Bertz CT molecular complexity index is 1270. The molecule has 0 fully saturated rings. The van der Waals surface area contributed by atoms with Gasteiger partial charge in [0.25, 0.3) is 5.91 Å². The highest BCUT2D eigenvalue weighted by Crippen LogP contribution is 2.37. The predicted octanol–water partition coefficient (Wildman–Crippen LogP) is 7.03. The second kappa shape index (κ2) is 8.89. The quantitative estimate of drug-likeness (QED) is 0.238. The summed E-state index contributed by atoms with van der Waals surface area (Å²) in [6.07, 6.45) is 1.79. The van der Waals surface area contributed by atoms with Gasteiger partial charge in [-0.05, 0) is 36.8 Å². The van der Waals surface area contributed by atoms with Gasteiger partial charge in [-0.3, -0.25) is 10.1 Å². The van der Waals surface area contributed by atoms with E-state index in [1.807, 2.05) is 6.92 Å². The number of anilines is 1. The lowest BCUT2D eigenvalue weighted by molar-refractivity contribution is 0.0500. The van der Waals surface area contributed by atoms with Gasteiger partial charge in [-0.1, -0.05) is 53.9 Å². The molecule has 2 aromatic carbocycles. The van der Waals surface area contributed by atoms with Crippen molar-refractivity contribution in [3.05, 3.63) is 56.9 Å². The van der Waals surface area contributed by atoms with Crippen LogP contribution in [0.3, 0.4) is 0 Å². The molecule has 4 aromatic rings. The van der Waals surface area contributed by atoms with Crippen molar-refractivity contribution in [2.45, 2.75) is 19.8 Å². The topological polar surface area (TPSA) is 68.3 Å². The Morgan fingerprint density at radius 2 is 1.93 bits per heavy atom. The van der Waals surface area contributed by atoms with Gasteiger partial charge in [0.1, 0.15) is 4.88 Å². The van der Waals surface area contributed by atoms with E-state index >= 15 is 0 Å². The normalized spacial score (nSPS) is 11.2. The number of hydrogen-bond acceptors (Lipinski definition) is 6. The standard InChI is InChI=1S/C21H16Cl2N2O3S2/c1-2-3-8-28-20(27)11-4-7-14-16(9-11)30-21(24-14)25-19(26)18-17(23)13-6-5-12(22)10-15(13)29-18/h4-7,9-10H,2-3,8H2,1H3,(H,24,25,26). The van der Waals surface area contributed by atoms with Crippen molar-refractivity contribution in [3.8, 4) is 0 Å². The van der Waals surface area contributed by atoms with E-state index in [9.17, 15) is 9.59 Å². The number of nitrogens with zero attached hydrogens (tertiary/aromatic N) is 1. The fourth-order valence-electron chi connectivity index (χ4n) is 2.84. The smallest absolute Gasteiger partial charge is 0.338 e. The molecule has 2 heterocycles. The Balaban J connectivity index is 1.54. The van der Waals surface area contributed by atoms with E-state index < -0.39 is 0 Å². The molecule has 1 amide bonds. The number of nitrogens with one attached hydrogen (secondary N) is 1. The van der Waals surface area contributed by atoms with Gasteiger partial charge in [-0.15, -0.1) is 11.3 Å². The average molecular weight is 479 g/mol. The van der Waals surface area contributed by atoms with Crippen LogP contribution in [-0.2, 0) is 4.74 Å². The summed E-state index contributed by atoms with van der Waals surface area (Å²) in [5, 5.41) is 4.99. The zero-order valence-electron chi connectivity index (χ0n) is 15.8. The van der Waals surface area contributed by atoms with Crippen LogP contribution < -0.4 is 5.32 Å². The molecule has 4 rings (SSSR count). The number of halogens is 2. The third kappa shape index (κ3) is 4.30. The third-order valence-electron chi connectivity index (χ3n) is 4.37. The maximum atomic E-state index is 12.8. The molecule has 0 radical (unpaired) electrons. The summed E-state index contributed by atoms with van der Waals surface area (Å²) >= 11 is 15.0. The van der Waals surface area contributed by atoms with E-state index in [4.69, 9.17) is 27.9 Å². The van der Waals surface area contributed by atoms with Crippen LogP contribution in [0.4, 0.5) is 5.13 Å². The lowest BCUT2D eigenvalue weighted by Crippen LogP contribution is -2.10. The minimum absolute atomic E-state index is 0.337. The number of hydrogen-bond donors (Lipinski definition) is 1. The minimum Gasteiger partial charge on any atom is -0.462 e. The maximum Gasteiger partial charge on any atom is 0.338 e. The molecule has 0 bridgehead atoms. The summed E-state index contributed by atoms with van der Waals surface area (Å²) in [6.45, 7) is 2.44. The zero-order chi connectivity index (χ0) is 21.3. The van der Waals surface area contributed by atoms with Crippen molar-refractivity contribution in [1.82, 2.24) is 4.98 Å². The van der Waals surface area contributed by atoms with Gasteiger partial charge in [-0.2, -0.15) is 0 Å². The number of rotatable bonds is 6. The molecule has 0 aliphatic carbocycles. The molecule has 154 valence electrons. The summed E-state index contributed by atoms with van der Waals surface area (Å²) in [6, 6.07) is 10.5. The Labute approximate surface area is 190 Å². The second-order valence-corrected chi connectivity index (χ2v) is 9.43. The first kappa shape index (κ1) is 21.1. The molecular formula is C21H16Cl2N2O3S2. The number of amides is 1. The first-order chi connectivity index (χ1) is 14.5. The first-order valence-electron chi connectivity index (χ1n) is 9.23. The molecule has 2 aromatic heterocycles. The number of thiophene rings is 1. The summed E-state index contributed by atoms with van der Waals surface area (Å²) < 4.78 is 6.87. The molecule has 9 heteroatoms. The molecule has 30 heavy (non-hydrogen) atoms. The molecule has 0 unspecified atom stereocenters. The van der Waals surface area contributed by atoms with E-state index in [1.54, 1.807) is 36.4 Å². The summed E-state index contributed by atoms with van der Waals surface area (Å²) in [5.41, 5.74) is 1.15. The van der Waals surface area contributed by atoms with Crippen molar-refractivity contribution in [1.29, 1.82) is 0 Å². The van der Waals surface area contributed by atoms with Crippen molar-refractivity contribution in [3.63, 3.8) is 0 Å². The Kier molecular flexibility index (Phi) is 6.24. The first-order valence-corrected chi connectivity index (χ1v) is 11.6. The van der Waals surface area contributed by atoms with Crippen molar-refractivity contribution in [2.75, 3.05) is 11.9 Å². The number of ether oxygens (including phenoxy) is 1. The van der Waals surface area contributed by atoms with Crippen molar-refractivity contribution < 1.29 is 14.3 Å². The van der Waals surface area contributed by atoms with Crippen LogP contribution in [0.15, 0.2) is 36.4 Å². The predicted molar refractivity (Wildman–Crippen MR) is 125 cm³/mol. The van der Waals surface area contributed by atoms with Crippen LogP contribution in [0.1, 0.15) is 39.8 Å². The lowest BCUT2D eigenvalue weighted by atomic mass is 10.2. The Hall–Kier alpha value is -2.19. The SMILES string of the molecule is CCCCOC(=O)c1ccc2nc(NC(=O)c3sc4cc(Cl)ccc4c3Cl)sc2c1. The maximum absolute atomic E-state index is 12.8. The number of unbranched alkanes of at least 4 members (excludes halogenated alkanes) is 1. The van der Waals surface area contributed by atoms with E-state index in [2.05, 4.69) is 10.3 Å². The number of thiazole rings is 1. The monoisotopic (exact) mass is 478 g/mol. The molecule has 0 saturated heterocycles. The fraction of sp³-hybridized carbons (Fsp3) is 0.190. The number of benzene rings is 2. The van der Waals surface area contributed by atoms with Gasteiger partial charge < -0.3 is 4.74 Å². The van der Waals surface area contributed by atoms with Crippen molar-refractivity contribution >= 4 is 83.2 Å². The van der Waals surface area contributed by atoms with Crippen LogP contribution in [0.5, 0.6) is 0 Å². The van der Waals surface area contributed by atoms with Crippen LogP contribution in [0.25, 0.3) is 20.3 Å². The molecule has 0 saturated carbocycles. The van der Waals surface area contributed by atoms with Gasteiger partial charge in [0.2, 0.25) is 0 Å². The van der Waals surface area contributed by atoms with Crippen molar-refractivity contribution in [2.24, 2.45) is 0 Å². The van der Waals surface area contributed by atoms with E-state index in [1.165, 1.54) is 22.7 Å². The van der Waals surface area contributed by atoms with Gasteiger partial charge in [0.05, 0.1) is 27.4 Å². The minimum atomic E-state index is -0.361. The molecular weight excluding hydrogens is 463 g/mol.